The molecule has 0 spiro atoms. The molecular formula is C12H15Cl4O2PS. The summed E-state index contributed by atoms with van der Waals surface area (Å²) in [6, 6.07) is 7.04. The van der Waals surface area contributed by atoms with Gasteiger partial charge in [-0.25, -0.2) is 0 Å². The highest BCUT2D eigenvalue weighted by Crippen LogP contribution is 2.49. The van der Waals surface area contributed by atoms with E-state index in [1.807, 2.05) is 0 Å². The van der Waals surface area contributed by atoms with Crippen LogP contribution < -0.4 is 5.30 Å². The predicted molar refractivity (Wildman–Crippen MR) is 92.5 cm³/mol. The van der Waals surface area contributed by atoms with Gasteiger partial charge in [-0.3, -0.25) is 0 Å². The number of unbranched alkanes of at least 4 members (excludes halogenated alkanes) is 1. The number of hydrogen-bond acceptors (Lipinski definition) is 3. The standard InChI is InChI=1S/C12H15Cl4O2PS/c1-2-3-8-17-19(20,18-9-12(14,15)16)11-6-4-10(13)5-7-11/h4-7H,2-3,8-9H2,1H3. The highest BCUT2D eigenvalue weighted by atomic mass is 35.6. The molecule has 1 aromatic carbocycles. The first-order chi connectivity index (χ1) is 9.27. The minimum Gasteiger partial charge on any atom is -0.326 e. The number of rotatable bonds is 7. The second-order valence-corrected chi connectivity index (χ2v) is 10.5. The Balaban J connectivity index is 2.88. The molecule has 20 heavy (non-hydrogen) atoms. The zero-order chi connectivity index (χ0) is 15.2. The number of alkyl halides is 3. The minimum absolute atomic E-state index is 0.121. The lowest BCUT2D eigenvalue weighted by Crippen LogP contribution is -2.17. The van der Waals surface area contributed by atoms with Crippen molar-refractivity contribution in [3.8, 4) is 0 Å². The van der Waals surface area contributed by atoms with E-state index in [-0.39, 0.29) is 6.61 Å². The van der Waals surface area contributed by atoms with Crippen molar-refractivity contribution >= 4 is 70.0 Å². The summed E-state index contributed by atoms with van der Waals surface area (Å²) in [5.74, 6) is 0. The maximum Gasteiger partial charge on any atom is 0.219 e. The van der Waals surface area contributed by atoms with Crippen molar-refractivity contribution in [1.29, 1.82) is 0 Å². The number of halogens is 4. The molecule has 0 heterocycles. The molecule has 0 saturated carbocycles. The van der Waals surface area contributed by atoms with Gasteiger partial charge >= 0.3 is 0 Å². The van der Waals surface area contributed by atoms with Gasteiger partial charge in [0.15, 0.2) is 0 Å². The van der Waals surface area contributed by atoms with Gasteiger partial charge in [0.1, 0.15) is 6.61 Å². The largest absolute Gasteiger partial charge is 0.326 e. The summed E-state index contributed by atoms with van der Waals surface area (Å²) in [7, 11) is 0. The van der Waals surface area contributed by atoms with E-state index in [1.165, 1.54) is 0 Å². The second kappa shape index (κ2) is 8.55. The van der Waals surface area contributed by atoms with Gasteiger partial charge in [0, 0.05) is 10.3 Å². The summed E-state index contributed by atoms with van der Waals surface area (Å²) in [5.41, 5.74) is 0. The molecule has 0 fully saturated rings. The average molecular weight is 396 g/mol. The van der Waals surface area contributed by atoms with Crippen molar-refractivity contribution in [2.24, 2.45) is 0 Å². The summed E-state index contributed by atoms with van der Waals surface area (Å²) in [6.45, 7) is -0.241. The molecule has 1 aromatic rings. The van der Waals surface area contributed by atoms with Gasteiger partial charge in [-0.1, -0.05) is 59.7 Å². The molecule has 0 radical (unpaired) electrons. The van der Waals surface area contributed by atoms with Gasteiger partial charge in [0.05, 0.1) is 6.61 Å². The van der Waals surface area contributed by atoms with Gasteiger partial charge in [0.25, 0.3) is 0 Å². The Labute approximate surface area is 144 Å². The Morgan fingerprint density at radius 3 is 2.25 bits per heavy atom. The third-order valence-electron chi connectivity index (χ3n) is 2.30. The van der Waals surface area contributed by atoms with Gasteiger partial charge in [0.2, 0.25) is 10.3 Å². The van der Waals surface area contributed by atoms with Crippen LogP contribution >= 0.6 is 52.9 Å². The molecule has 8 heteroatoms. The van der Waals surface area contributed by atoms with Crippen molar-refractivity contribution < 1.29 is 9.05 Å². The van der Waals surface area contributed by atoms with Crippen molar-refractivity contribution in [2.75, 3.05) is 13.2 Å². The first-order valence-electron chi connectivity index (χ1n) is 5.99. The lowest BCUT2D eigenvalue weighted by Gasteiger charge is -2.24. The molecule has 0 aliphatic heterocycles. The van der Waals surface area contributed by atoms with Gasteiger partial charge in [-0.05, 0) is 42.5 Å². The first-order valence-corrected chi connectivity index (χ1v) is 10.1. The monoisotopic (exact) mass is 394 g/mol. The van der Waals surface area contributed by atoms with Crippen LogP contribution in [0.4, 0.5) is 0 Å². The van der Waals surface area contributed by atoms with Crippen LogP contribution in [0.15, 0.2) is 24.3 Å². The SMILES string of the molecule is CCCCOP(=S)(OCC(Cl)(Cl)Cl)c1ccc(Cl)cc1. The second-order valence-electron chi connectivity index (χ2n) is 4.05. The summed E-state index contributed by atoms with van der Waals surface area (Å²) >= 11 is 28.6. The predicted octanol–water partition coefficient (Wildman–Crippen LogP) is 5.48. The van der Waals surface area contributed by atoms with Crippen LogP contribution in [0.25, 0.3) is 0 Å². The number of hydrogen-bond donors (Lipinski definition) is 0. The maximum absolute atomic E-state index is 5.87. The molecule has 2 nitrogen and oxygen atoms in total. The molecule has 114 valence electrons. The van der Waals surface area contributed by atoms with Crippen LogP contribution in [-0.2, 0) is 20.9 Å². The van der Waals surface area contributed by atoms with E-state index in [4.69, 9.17) is 67.3 Å². The van der Waals surface area contributed by atoms with Crippen molar-refractivity contribution in [1.82, 2.24) is 0 Å². The molecule has 0 amide bonds. The molecule has 0 saturated heterocycles. The normalized spacial score (nSPS) is 15.1. The lowest BCUT2D eigenvalue weighted by molar-refractivity contribution is 0.254. The van der Waals surface area contributed by atoms with Gasteiger partial charge in [-0.15, -0.1) is 0 Å². The summed E-state index contributed by atoms with van der Waals surface area (Å²) in [4.78, 5) is 0. The number of benzene rings is 1. The summed E-state index contributed by atoms with van der Waals surface area (Å²) < 4.78 is 9.88. The molecule has 1 rings (SSSR count). The van der Waals surface area contributed by atoms with E-state index >= 15 is 0 Å². The summed E-state index contributed by atoms with van der Waals surface area (Å²) in [5, 5.41) is 1.37. The van der Waals surface area contributed by atoms with E-state index in [0.29, 0.717) is 11.6 Å². The first kappa shape index (κ1) is 19.0. The Morgan fingerprint density at radius 1 is 1.15 bits per heavy atom. The minimum atomic E-state index is -2.70. The summed E-state index contributed by atoms with van der Waals surface area (Å²) in [6.07, 6.45) is 1.89. The molecule has 0 N–H and O–H groups in total. The fourth-order valence-corrected chi connectivity index (χ4v) is 4.18. The topological polar surface area (TPSA) is 18.5 Å². The van der Waals surface area contributed by atoms with E-state index in [9.17, 15) is 0 Å². The molecule has 0 aromatic heterocycles. The van der Waals surface area contributed by atoms with Crippen LogP contribution in [0.1, 0.15) is 19.8 Å². The third kappa shape index (κ3) is 6.81. The quantitative estimate of drug-likeness (QED) is 0.346. The molecule has 1 atom stereocenters. The van der Waals surface area contributed by atoms with Crippen molar-refractivity contribution in [3.63, 3.8) is 0 Å². The Morgan fingerprint density at radius 2 is 1.75 bits per heavy atom. The van der Waals surface area contributed by atoms with Crippen molar-refractivity contribution in [3.05, 3.63) is 29.3 Å². The Kier molecular flexibility index (Phi) is 8.12. The highest BCUT2D eigenvalue weighted by Gasteiger charge is 2.28. The molecule has 1 unspecified atom stereocenters. The Hall–Kier alpha value is 0.950. The van der Waals surface area contributed by atoms with Gasteiger partial charge < -0.3 is 9.05 Å². The van der Waals surface area contributed by atoms with Crippen LogP contribution in [-0.4, -0.2) is 17.0 Å². The highest BCUT2D eigenvalue weighted by molar-refractivity contribution is 8.13. The van der Waals surface area contributed by atoms with Gasteiger partial charge in [-0.2, -0.15) is 0 Å². The van der Waals surface area contributed by atoms with Crippen LogP contribution in [0, 0.1) is 0 Å². The zero-order valence-electron chi connectivity index (χ0n) is 10.8. The maximum atomic E-state index is 5.87. The molecule has 0 bridgehead atoms. The van der Waals surface area contributed by atoms with Crippen LogP contribution in [0.2, 0.25) is 5.02 Å². The molecule has 0 aliphatic carbocycles. The lowest BCUT2D eigenvalue weighted by atomic mass is 10.4. The third-order valence-corrected chi connectivity index (χ3v) is 6.07. The smallest absolute Gasteiger partial charge is 0.219 e. The average Bonchev–Trinajstić information content (AvgIpc) is 2.37. The van der Waals surface area contributed by atoms with E-state index < -0.39 is 10.3 Å². The Bertz CT molecular complexity index is 462. The van der Waals surface area contributed by atoms with E-state index in [1.54, 1.807) is 24.3 Å². The molecular weight excluding hydrogens is 381 g/mol. The molecule has 0 aliphatic rings. The van der Waals surface area contributed by atoms with E-state index in [2.05, 4.69) is 6.92 Å². The van der Waals surface area contributed by atoms with Crippen LogP contribution in [0.3, 0.4) is 0 Å². The van der Waals surface area contributed by atoms with Crippen molar-refractivity contribution in [2.45, 2.75) is 23.6 Å². The fraction of sp³-hybridized carbons (Fsp3) is 0.500. The van der Waals surface area contributed by atoms with E-state index in [0.717, 1.165) is 18.1 Å². The van der Waals surface area contributed by atoms with Crippen LogP contribution in [0.5, 0.6) is 0 Å². The zero-order valence-corrected chi connectivity index (χ0v) is 15.6. The fourth-order valence-electron chi connectivity index (χ4n) is 1.30.